The fourth-order valence-electron chi connectivity index (χ4n) is 0.224. The molecule has 0 rings (SSSR count). The third-order valence-corrected chi connectivity index (χ3v) is 0.730. The largest absolute Gasteiger partial charge is 0.320 e. The summed E-state index contributed by atoms with van der Waals surface area (Å²) in [6.45, 7) is 5.25. The van der Waals surface area contributed by atoms with Crippen molar-refractivity contribution >= 4 is 0 Å². The van der Waals surface area contributed by atoms with E-state index in [1.54, 1.807) is 0 Å². The van der Waals surface area contributed by atoms with Crippen LogP contribution in [0.2, 0.25) is 0 Å². The monoisotopic (exact) mass is 122 g/mol. The zero-order chi connectivity index (χ0) is 6.99. The molecule has 0 aliphatic carbocycles. The van der Waals surface area contributed by atoms with Crippen molar-refractivity contribution in [1.82, 2.24) is 5.06 Å². The third-order valence-electron chi connectivity index (χ3n) is 0.730. The zero-order valence-electron chi connectivity index (χ0n) is 5.33. The van der Waals surface area contributed by atoms with Gasteiger partial charge in [0, 0.05) is 13.1 Å². The molecule has 0 aliphatic rings. The Hall–Kier alpha value is -0.160. The van der Waals surface area contributed by atoms with E-state index in [-0.39, 0.29) is 0 Å². The zero-order valence-corrected chi connectivity index (χ0v) is 5.33. The molecule has 0 amide bonds. The molecule has 0 aromatic rings. The smallest absolute Gasteiger partial charge is 0.0209 e. The second kappa shape index (κ2) is 9.96. The first-order valence-corrected chi connectivity index (χ1v) is 2.50. The minimum atomic E-state index is 0.719. The number of nitrogens with zero attached hydrogens (tertiary/aromatic N) is 1. The molecule has 0 radical (unpaired) electrons. The molecule has 4 N–H and O–H groups in total. The molecular weight excluding hydrogens is 108 g/mol. The molecule has 0 atom stereocenters. The SMILES string of the molecule is CCN(O)CC.NO. The highest BCUT2D eigenvalue weighted by Gasteiger charge is 1.84. The molecule has 0 aliphatic heterocycles. The normalized spacial score (nSPS) is 8.25. The van der Waals surface area contributed by atoms with E-state index < -0.39 is 0 Å². The van der Waals surface area contributed by atoms with Crippen LogP contribution in [0.25, 0.3) is 0 Å². The van der Waals surface area contributed by atoms with Gasteiger partial charge in [-0.1, -0.05) is 13.8 Å². The molecule has 0 saturated carbocycles. The lowest BCUT2D eigenvalue weighted by Gasteiger charge is -2.05. The third kappa shape index (κ3) is 9.28. The van der Waals surface area contributed by atoms with Gasteiger partial charge in [-0.2, -0.15) is 5.06 Å². The van der Waals surface area contributed by atoms with Crippen molar-refractivity contribution in [1.29, 1.82) is 0 Å². The van der Waals surface area contributed by atoms with Crippen LogP contribution >= 0.6 is 0 Å². The first-order valence-electron chi connectivity index (χ1n) is 2.50. The summed E-state index contributed by atoms with van der Waals surface area (Å²) in [5.74, 6) is 3.50. The minimum Gasteiger partial charge on any atom is -0.320 e. The van der Waals surface area contributed by atoms with Gasteiger partial charge in [-0.25, -0.2) is 5.90 Å². The summed E-state index contributed by atoms with van der Waals surface area (Å²) in [6.07, 6.45) is 0. The first-order chi connectivity index (χ1) is 3.81. The van der Waals surface area contributed by atoms with E-state index in [1.807, 2.05) is 13.8 Å². The van der Waals surface area contributed by atoms with Crippen LogP contribution in [0.1, 0.15) is 13.8 Å². The van der Waals surface area contributed by atoms with E-state index >= 15 is 0 Å². The first kappa shape index (κ1) is 10.8. The van der Waals surface area contributed by atoms with E-state index in [9.17, 15) is 0 Å². The second-order valence-corrected chi connectivity index (χ2v) is 1.14. The molecular formula is C4H14N2O2. The number of hydroxylamine groups is 2. The number of nitrogens with two attached hydrogens (primary N) is 1. The lowest BCUT2D eigenvalue weighted by atomic mass is 10.6. The van der Waals surface area contributed by atoms with E-state index in [2.05, 4.69) is 5.90 Å². The van der Waals surface area contributed by atoms with Gasteiger partial charge in [0.1, 0.15) is 0 Å². The van der Waals surface area contributed by atoms with Crippen LogP contribution in [0.5, 0.6) is 0 Å². The maximum absolute atomic E-state index is 8.50. The summed E-state index contributed by atoms with van der Waals surface area (Å²) in [4.78, 5) is 0. The van der Waals surface area contributed by atoms with Crippen molar-refractivity contribution in [3.8, 4) is 0 Å². The number of hydrogen-bond acceptors (Lipinski definition) is 4. The van der Waals surface area contributed by atoms with Crippen molar-refractivity contribution < 1.29 is 10.4 Å². The Bertz CT molecular complexity index is 31.2. The van der Waals surface area contributed by atoms with Gasteiger partial charge in [-0.05, 0) is 0 Å². The average molecular weight is 122 g/mol. The van der Waals surface area contributed by atoms with Gasteiger partial charge in [-0.3, -0.25) is 0 Å². The maximum Gasteiger partial charge on any atom is 0.0209 e. The quantitative estimate of drug-likeness (QED) is 0.453. The second-order valence-electron chi connectivity index (χ2n) is 1.14. The molecule has 0 fully saturated rings. The highest BCUT2D eigenvalue weighted by atomic mass is 16.5. The summed E-state index contributed by atoms with van der Waals surface area (Å²) in [5.41, 5.74) is 0. The molecule has 0 spiro atoms. The van der Waals surface area contributed by atoms with Gasteiger partial charge >= 0.3 is 0 Å². The minimum absolute atomic E-state index is 0.719. The summed E-state index contributed by atoms with van der Waals surface area (Å²) < 4.78 is 0. The molecule has 0 heterocycles. The van der Waals surface area contributed by atoms with Crippen molar-refractivity contribution in [2.75, 3.05) is 13.1 Å². The molecule has 52 valence electrons. The molecule has 8 heavy (non-hydrogen) atoms. The fourth-order valence-corrected chi connectivity index (χ4v) is 0.224. The number of rotatable bonds is 2. The van der Waals surface area contributed by atoms with Crippen LogP contribution in [0, 0.1) is 0 Å². The van der Waals surface area contributed by atoms with Crippen LogP contribution in [-0.2, 0) is 0 Å². The highest BCUT2D eigenvalue weighted by molar-refractivity contribution is 4.26. The van der Waals surface area contributed by atoms with E-state index in [4.69, 9.17) is 10.4 Å². The van der Waals surface area contributed by atoms with Crippen molar-refractivity contribution in [3.63, 3.8) is 0 Å². The Morgan fingerprint density at radius 3 is 1.50 bits per heavy atom. The Morgan fingerprint density at radius 1 is 1.25 bits per heavy atom. The molecule has 0 aromatic carbocycles. The summed E-state index contributed by atoms with van der Waals surface area (Å²) in [6, 6.07) is 0. The van der Waals surface area contributed by atoms with E-state index in [0.29, 0.717) is 0 Å². The van der Waals surface area contributed by atoms with E-state index in [1.165, 1.54) is 5.06 Å². The van der Waals surface area contributed by atoms with Gasteiger partial charge < -0.3 is 10.4 Å². The van der Waals surface area contributed by atoms with Crippen molar-refractivity contribution in [3.05, 3.63) is 0 Å². The fraction of sp³-hybridized carbons (Fsp3) is 1.00. The predicted molar refractivity (Wildman–Crippen MR) is 30.7 cm³/mol. The molecule has 0 bridgehead atoms. The molecule has 0 aromatic heterocycles. The molecule has 4 heteroatoms. The van der Waals surface area contributed by atoms with E-state index in [0.717, 1.165) is 13.1 Å². The van der Waals surface area contributed by atoms with Gasteiger partial charge in [0.05, 0.1) is 0 Å². The van der Waals surface area contributed by atoms with Crippen molar-refractivity contribution in [2.24, 2.45) is 5.90 Å². The molecule has 0 saturated heterocycles. The molecule has 4 nitrogen and oxygen atoms in total. The standard InChI is InChI=1S/C4H11NO.H3NO/c1-3-5(6)4-2;1-2/h6H,3-4H2,1-2H3;2H,1H2. The summed E-state index contributed by atoms with van der Waals surface area (Å²) in [5, 5.41) is 16.2. The number of hydrogen-bond donors (Lipinski definition) is 3. The summed E-state index contributed by atoms with van der Waals surface area (Å²) >= 11 is 0. The Morgan fingerprint density at radius 2 is 1.50 bits per heavy atom. The topological polar surface area (TPSA) is 69.7 Å². The van der Waals surface area contributed by atoms with Gasteiger partial charge in [0.25, 0.3) is 0 Å². The lowest BCUT2D eigenvalue weighted by molar-refractivity contribution is -0.0813. The van der Waals surface area contributed by atoms with Gasteiger partial charge in [0.15, 0.2) is 0 Å². The van der Waals surface area contributed by atoms with Crippen molar-refractivity contribution in [2.45, 2.75) is 13.8 Å². The van der Waals surface area contributed by atoms with Crippen LogP contribution in [0.15, 0.2) is 0 Å². The van der Waals surface area contributed by atoms with Crippen LogP contribution in [0.3, 0.4) is 0 Å². The average Bonchev–Trinajstić information content (AvgIpc) is 1.91. The molecule has 0 unspecified atom stereocenters. The highest BCUT2D eigenvalue weighted by Crippen LogP contribution is 1.73. The van der Waals surface area contributed by atoms with Gasteiger partial charge in [0.2, 0.25) is 0 Å². The van der Waals surface area contributed by atoms with Crippen LogP contribution in [-0.4, -0.2) is 28.6 Å². The van der Waals surface area contributed by atoms with Crippen LogP contribution in [0.4, 0.5) is 0 Å². The Balaban J connectivity index is 0. The Kier molecular flexibility index (Phi) is 13.4. The predicted octanol–water partition coefficient (Wildman–Crippen LogP) is 0.0517. The lowest BCUT2D eigenvalue weighted by Crippen LogP contribution is -2.16. The summed E-state index contributed by atoms with van der Waals surface area (Å²) in [7, 11) is 0. The van der Waals surface area contributed by atoms with Crippen LogP contribution < -0.4 is 5.90 Å². The van der Waals surface area contributed by atoms with Gasteiger partial charge in [-0.15, -0.1) is 0 Å². The Labute approximate surface area is 49.4 Å². The maximum atomic E-state index is 8.50.